The van der Waals surface area contributed by atoms with E-state index in [-0.39, 0.29) is 5.91 Å². The minimum Gasteiger partial charge on any atom is -0.363 e. The van der Waals surface area contributed by atoms with Gasteiger partial charge in [0.05, 0.1) is 17.4 Å². The molecule has 0 unspecified atom stereocenters. The second-order valence-electron chi connectivity index (χ2n) is 3.06. The normalized spacial score (nSPS) is 9.81. The summed E-state index contributed by atoms with van der Waals surface area (Å²) in [6.07, 6.45) is 2.76. The average Bonchev–Trinajstić information content (AvgIpc) is 2.81. The third-order valence-electron chi connectivity index (χ3n) is 2.02. The van der Waals surface area contributed by atoms with Gasteiger partial charge in [0.25, 0.3) is 5.91 Å². The van der Waals surface area contributed by atoms with Crippen LogP contribution in [-0.2, 0) is 0 Å². The van der Waals surface area contributed by atoms with Gasteiger partial charge in [0.2, 0.25) is 0 Å². The van der Waals surface area contributed by atoms with Gasteiger partial charge in [-0.25, -0.2) is 0 Å². The first-order chi connectivity index (χ1) is 7.81. The number of nitrogen functional groups attached to an aromatic ring is 1. The third-order valence-corrected chi connectivity index (χ3v) is 2.02. The number of amides is 1. The van der Waals surface area contributed by atoms with E-state index < -0.39 is 0 Å². The number of rotatable bonds is 3. The van der Waals surface area contributed by atoms with Gasteiger partial charge >= 0.3 is 0 Å². The Labute approximate surface area is 91.4 Å². The predicted molar refractivity (Wildman–Crippen MR) is 58.7 cm³/mol. The Bertz CT molecular complexity index is 481. The maximum Gasteiger partial charge on any atom is 0.257 e. The highest BCUT2D eigenvalue weighted by Crippen LogP contribution is 2.15. The number of anilines is 2. The minimum atomic E-state index is -0.281. The molecule has 0 saturated carbocycles. The number of benzene rings is 1. The molecule has 1 amide bonds. The van der Waals surface area contributed by atoms with Gasteiger partial charge < -0.3 is 15.3 Å². The smallest absolute Gasteiger partial charge is 0.257 e. The molecule has 1 aromatic carbocycles. The van der Waals surface area contributed by atoms with Gasteiger partial charge in [-0.1, -0.05) is 17.3 Å². The second kappa shape index (κ2) is 4.45. The van der Waals surface area contributed by atoms with Crippen molar-refractivity contribution in [3.63, 3.8) is 0 Å². The summed E-state index contributed by atoms with van der Waals surface area (Å²) in [6, 6.07) is 6.91. The lowest BCUT2D eigenvalue weighted by molar-refractivity contribution is 0.102. The van der Waals surface area contributed by atoms with Crippen LogP contribution in [0, 0.1) is 0 Å². The molecule has 82 valence electrons. The number of hydrogen-bond acceptors (Lipinski definition) is 5. The fourth-order valence-corrected chi connectivity index (χ4v) is 1.27. The molecule has 0 fully saturated rings. The van der Waals surface area contributed by atoms with Gasteiger partial charge in [0.15, 0.2) is 0 Å². The van der Waals surface area contributed by atoms with Gasteiger partial charge in [0, 0.05) is 0 Å². The van der Waals surface area contributed by atoms with Crippen LogP contribution in [0.25, 0.3) is 0 Å². The molecular weight excluding hydrogens is 208 g/mol. The van der Waals surface area contributed by atoms with E-state index in [4.69, 9.17) is 5.84 Å². The lowest BCUT2D eigenvalue weighted by Gasteiger charge is -2.07. The highest BCUT2D eigenvalue weighted by molar-refractivity contribution is 6.07. The summed E-state index contributed by atoms with van der Waals surface area (Å²) in [7, 11) is 0. The Morgan fingerprint density at radius 1 is 1.38 bits per heavy atom. The number of aromatic nitrogens is 1. The topological polar surface area (TPSA) is 93.2 Å². The highest BCUT2D eigenvalue weighted by Gasteiger charge is 2.10. The highest BCUT2D eigenvalue weighted by atomic mass is 16.5. The lowest BCUT2D eigenvalue weighted by Crippen LogP contribution is -2.16. The Hall–Kier alpha value is -2.34. The summed E-state index contributed by atoms with van der Waals surface area (Å²) in [6.45, 7) is 0. The van der Waals surface area contributed by atoms with E-state index in [0.29, 0.717) is 16.9 Å². The molecule has 1 heterocycles. The molecule has 0 aliphatic heterocycles. The van der Waals surface area contributed by atoms with E-state index in [1.807, 2.05) is 0 Å². The zero-order valence-electron chi connectivity index (χ0n) is 8.31. The summed E-state index contributed by atoms with van der Waals surface area (Å²) < 4.78 is 4.60. The van der Waals surface area contributed by atoms with E-state index in [2.05, 4.69) is 20.4 Å². The van der Waals surface area contributed by atoms with Crippen LogP contribution >= 0.6 is 0 Å². The number of nitrogens with one attached hydrogen (secondary N) is 2. The van der Waals surface area contributed by atoms with E-state index in [9.17, 15) is 4.79 Å². The molecule has 16 heavy (non-hydrogen) atoms. The van der Waals surface area contributed by atoms with Crippen LogP contribution in [0.15, 0.2) is 41.2 Å². The molecule has 0 aliphatic carbocycles. The molecular formula is C10H10N4O2. The van der Waals surface area contributed by atoms with Gasteiger partial charge in [-0.05, 0) is 12.1 Å². The SMILES string of the molecule is NNc1ccccc1C(=O)Nc1cnoc1. The van der Waals surface area contributed by atoms with Gasteiger partial charge in [0.1, 0.15) is 12.0 Å². The van der Waals surface area contributed by atoms with Crippen molar-refractivity contribution >= 4 is 17.3 Å². The molecule has 6 nitrogen and oxygen atoms in total. The van der Waals surface area contributed by atoms with Crippen molar-refractivity contribution in [1.82, 2.24) is 5.16 Å². The van der Waals surface area contributed by atoms with Crippen molar-refractivity contribution in [3.8, 4) is 0 Å². The quantitative estimate of drug-likeness (QED) is 0.532. The Kier molecular flexibility index (Phi) is 2.84. The third kappa shape index (κ3) is 2.01. The molecule has 2 aromatic rings. The van der Waals surface area contributed by atoms with E-state index in [1.54, 1.807) is 24.3 Å². The fraction of sp³-hybridized carbons (Fsp3) is 0. The zero-order chi connectivity index (χ0) is 11.4. The van der Waals surface area contributed by atoms with Crippen LogP contribution in [0.5, 0.6) is 0 Å². The number of hydrazine groups is 1. The van der Waals surface area contributed by atoms with Gasteiger partial charge in [-0.2, -0.15) is 0 Å². The molecule has 2 rings (SSSR count). The molecule has 6 heteroatoms. The fourth-order valence-electron chi connectivity index (χ4n) is 1.27. The first kappa shape index (κ1) is 10.2. The van der Waals surface area contributed by atoms with Crippen LogP contribution in [0.1, 0.15) is 10.4 Å². The molecule has 0 aliphatic rings. The van der Waals surface area contributed by atoms with Crippen LogP contribution in [-0.4, -0.2) is 11.1 Å². The van der Waals surface area contributed by atoms with Gasteiger partial charge in [-0.15, -0.1) is 0 Å². The van der Waals surface area contributed by atoms with Crippen LogP contribution < -0.4 is 16.6 Å². The lowest BCUT2D eigenvalue weighted by atomic mass is 10.1. The van der Waals surface area contributed by atoms with E-state index in [0.717, 1.165) is 0 Å². The first-order valence-electron chi connectivity index (χ1n) is 4.57. The van der Waals surface area contributed by atoms with Crippen molar-refractivity contribution in [3.05, 3.63) is 42.3 Å². The molecule has 0 radical (unpaired) electrons. The average molecular weight is 218 g/mol. The first-order valence-corrected chi connectivity index (χ1v) is 4.57. The number of nitrogens with zero attached hydrogens (tertiary/aromatic N) is 1. The molecule has 0 bridgehead atoms. The van der Waals surface area contributed by atoms with Crippen molar-refractivity contribution < 1.29 is 9.32 Å². The number of carbonyl (C=O) groups excluding carboxylic acids is 1. The molecule has 1 aromatic heterocycles. The van der Waals surface area contributed by atoms with Crippen LogP contribution in [0.3, 0.4) is 0 Å². The largest absolute Gasteiger partial charge is 0.363 e. The second-order valence-corrected chi connectivity index (χ2v) is 3.06. The summed E-state index contributed by atoms with van der Waals surface area (Å²) in [5, 5.41) is 6.10. The summed E-state index contributed by atoms with van der Waals surface area (Å²) in [4.78, 5) is 11.8. The van der Waals surface area contributed by atoms with E-state index in [1.165, 1.54) is 12.5 Å². The van der Waals surface area contributed by atoms with Crippen molar-refractivity contribution in [1.29, 1.82) is 0 Å². The standard InChI is InChI=1S/C10H10N4O2/c11-14-9-4-2-1-3-8(9)10(15)13-7-5-12-16-6-7/h1-6,14H,11H2,(H,13,15). The zero-order valence-corrected chi connectivity index (χ0v) is 8.31. The van der Waals surface area contributed by atoms with Crippen molar-refractivity contribution in [2.24, 2.45) is 5.84 Å². The predicted octanol–water partition coefficient (Wildman–Crippen LogP) is 1.21. The Morgan fingerprint density at radius 2 is 2.19 bits per heavy atom. The van der Waals surface area contributed by atoms with Crippen molar-refractivity contribution in [2.75, 3.05) is 10.7 Å². The van der Waals surface area contributed by atoms with Crippen molar-refractivity contribution in [2.45, 2.75) is 0 Å². The minimum absolute atomic E-state index is 0.281. The monoisotopic (exact) mass is 218 g/mol. The summed E-state index contributed by atoms with van der Waals surface area (Å²) in [5.41, 5.74) is 3.96. The molecule has 0 atom stereocenters. The maximum absolute atomic E-state index is 11.8. The number of nitrogens with two attached hydrogens (primary N) is 1. The Morgan fingerprint density at radius 3 is 2.88 bits per heavy atom. The summed E-state index contributed by atoms with van der Waals surface area (Å²) in [5.74, 6) is 5.02. The molecule has 0 spiro atoms. The Balaban J connectivity index is 2.21. The van der Waals surface area contributed by atoms with Crippen LogP contribution in [0.4, 0.5) is 11.4 Å². The van der Waals surface area contributed by atoms with Crippen LogP contribution in [0.2, 0.25) is 0 Å². The summed E-state index contributed by atoms with van der Waals surface area (Å²) >= 11 is 0. The molecule has 4 N–H and O–H groups in total. The van der Waals surface area contributed by atoms with E-state index >= 15 is 0 Å². The number of hydrogen-bond donors (Lipinski definition) is 3. The van der Waals surface area contributed by atoms with Gasteiger partial charge in [-0.3, -0.25) is 10.6 Å². The number of carbonyl (C=O) groups is 1. The molecule has 0 saturated heterocycles. The number of para-hydroxylation sites is 1. The maximum atomic E-state index is 11.8.